The lowest BCUT2D eigenvalue weighted by molar-refractivity contribution is -0.111. The van der Waals surface area contributed by atoms with Crippen LogP contribution in [0.3, 0.4) is 0 Å². The van der Waals surface area contributed by atoms with E-state index in [1.165, 1.54) is 37.7 Å². The van der Waals surface area contributed by atoms with Crippen molar-refractivity contribution in [3.63, 3.8) is 0 Å². The van der Waals surface area contributed by atoms with Gasteiger partial charge in [0, 0.05) is 10.8 Å². The fraction of sp³-hybridized carbons (Fsp3) is 0.750. The van der Waals surface area contributed by atoms with Crippen LogP contribution in [0.15, 0.2) is 23.8 Å². The minimum absolute atomic E-state index is 0.137. The molecule has 4 fully saturated rings. The monoisotopic (exact) mass is 298 g/mol. The Labute approximate surface area is 133 Å². The maximum Gasteiger partial charge on any atom is 0.178 e. The van der Waals surface area contributed by atoms with Crippen molar-refractivity contribution >= 4 is 5.78 Å². The molecule has 0 radical (unpaired) electrons. The SMILES string of the molecule is C[C@]12C=CC(=O)C=C1CC[C@H]1[C@H]3CC[C@@]4(CO4)[C@@]3(C)CC[C@@H]12. The quantitative estimate of drug-likeness (QED) is 0.631. The van der Waals surface area contributed by atoms with Crippen LogP contribution in [0.1, 0.15) is 52.4 Å². The first-order valence-electron chi connectivity index (χ1n) is 9.07. The Morgan fingerprint density at radius 1 is 1.14 bits per heavy atom. The largest absolute Gasteiger partial charge is 0.369 e. The molecule has 4 aliphatic carbocycles. The van der Waals surface area contributed by atoms with E-state index in [2.05, 4.69) is 19.9 Å². The zero-order valence-electron chi connectivity index (χ0n) is 13.7. The highest BCUT2D eigenvalue weighted by molar-refractivity contribution is 6.01. The molecule has 118 valence electrons. The number of epoxide rings is 1. The minimum Gasteiger partial charge on any atom is -0.369 e. The van der Waals surface area contributed by atoms with Gasteiger partial charge in [0.2, 0.25) is 0 Å². The fourth-order valence-electron chi connectivity index (χ4n) is 6.85. The lowest BCUT2D eigenvalue weighted by Gasteiger charge is -2.56. The van der Waals surface area contributed by atoms with Crippen molar-refractivity contribution in [2.75, 3.05) is 6.61 Å². The van der Waals surface area contributed by atoms with Crippen LogP contribution in [0, 0.1) is 28.6 Å². The summed E-state index contributed by atoms with van der Waals surface area (Å²) in [6.45, 7) is 5.91. The van der Waals surface area contributed by atoms with Gasteiger partial charge in [-0.15, -0.1) is 0 Å². The summed E-state index contributed by atoms with van der Waals surface area (Å²) < 4.78 is 5.98. The first kappa shape index (κ1) is 13.5. The normalized spacial score (nSPS) is 55.5. The highest BCUT2D eigenvalue weighted by atomic mass is 16.6. The molecule has 0 aromatic heterocycles. The van der Waals surface area contributed by atoms with E-state index in [0.717, 1.165) is 30.8 Å². The van der Waals surface area contributed by atoms with Crippen LogP contribution in [0.5, 0.6) is 0 Å². The average Bonchev–Trinajstić information content (AvgIpc) is 3.22. The molecule has 5 aliphatic rings. The molecule has 1 saturated heterocycles. The van der Waals surface area contributed by atoms with E-state index in [0.29, 0.717) is 5.41 Å². The first-order chi connectivity index (χ1) is 10.5. The first-order valence-corrected chi connectivity index (χ1v) is 9.07. The van der Waals surface area contributed by atoms with Crippen molar-refractivity contribution in [1.29, 1.82) is 0 Å². The molecule has 22 heavy (non-hydrogen) atoms. The molecule has 0 N–H and O–H groups in total. The van der Waals surface area contributed by atoms with Gasteiger partial charge in [-0.1, -0.05) is 25.5 Å². The van der Waals surface area contributed by atoms with Crippen LogP contribution >= 0.6 is 0 Å². The van der Waals surface area contributed by atoms with Gasteiger partial charge in [0.1, 0.15) is 0 Å². The molecular formula is C20H26O2. The van der Waals surface area contributed by atoms with E-state index in [1.54, 1.807) is 0 Å². The summed E-state index contributed by atoms with van der Waals surface area (Å²) in [6.07, 6.45) is 13.6. The van der Waals surface area contributed by atoms with Crippen LogP contribution in [-0.2, 0) is 9.53 Å². The smallest absolute Gasteiger partial charge is 0.178 e. The number of carbonyl (C=O) groups excluding carboxylic acids is 1. The topological polar surface area (TPSA) is 29.6 Å². The van der Waals surface area contributed by atoms with E-state index >= 15 is 0 Å². The molecule has 3 saturated carbocycles. The maximum atomic E-state index is 11.8. The minimum atomic E-state index is 0.137. The third kappa shape index (κ3) is 1.43. The maximum absolute atomic E-state index is 11.8. The van der Waals surface area contributed by atoms with E-state index in [9.17, 15) is 4.79 Å². The van der Waals surface area contributed by atoms with Gasteiger partial charge in [0.05, 0.1) is 12.2 Å². The number of ether oxygens (including phenoxy) is 1. The number of ketones is 1. The molecule has 0 unspecified atom stereocenters. The zero-order valence-corrected chi connectivity index (χ0v) is 13.7. The second-order valence-corrected chi connectivity index (χ2v) is 8.88. The van der Waals surface area contributed by atoms with Crippen LogP contribution < -0.4 is 0 Å². The van der Waals surface area contributed by atoms with Crippen LogP contribution in [-0.4, -0.2) is 18.0 Å². The molecule has 2 heteroatoms. The van der Waals surface area contributed by atoms with Crippen molar-refractivity contribution in [3.8, 4) is 0 Å². The van der Waals surface area contributed by atoms with E-state index in [-0.39, 0.29) is 16.8 Å². The van der Waals surface area contributed by atoms with Crippen molar-refractivity contribution in [2.45, 2.75) is 58.0 Å². The molecule has 0 bridgehead atoms. The summed E-state index contributed by atoms with van der Waals surface area (Å²) in [4.78, 5) is 11.8. The van der Waals surface area contributed by atoms with Crippen molar-refractivity contribution in [2.24, 2.45) is 28.6 Å². The number of rotatable bonds is 0. The highest BCUT2D eigenvalue weighted by Crippen LogP contribution is 2.70. The van der Waals surface area contributed by atoms with Crippen LogP contribution in [0.2, 0.25) is 0 Å². The van der Waals surface area contributed by atoms with Gasteiger partial charge in [-0.2, -0.15) is 0 Å². The van der Waals surface area contributed by atoms with Gasteiger partial charge in [-0.3, -0.25) is 4.79 Å². The van der Waals surface area contributed by atoms with Crippen molar-refractivity contribution in [3.05, 3.63) is 23.8 Å². The van der Waals surface area contributed by atoms with Crippen molar-refractivity contribution in [1.82, 2.24) is 0 Å². The fourth-order valence-corrected chi connectivity index (χ4v) is 6.85. The summed E-state index contributed by atoms with van der Waals surface area (Å²) >= 11 is 0. The van der Waals surface area contributed by atoms with Crippen LogP contribution in [0.25, 0.3) is 0 Å². The zero-order chi connectivity index (χ0) is 15.2. The third-order valence-corrected chi connectivity index (χ3v) is 8.34. The summed E-state index contributed by atoms with van der Waals surface area (Å²) in [5, 5.41) is 0. The Bertz CT molecular complexity index is 611. The Balaban J connectivity index is 1.53. The molecule has 0 aromatic rings. The lowest BCUT2D eigenvalue weighted by atomic mass is 9.48. The molecule has 1 aliphatic heterocycles. The predicted octanol–water partition coefficient (Wildman–Crippen LogP) is 4.06. The molecule has 1 spiro atoms. The summed E-state index contributed by atoms with van der Waals surface area (Å²) in [6, 6.07) is 0. The van der Waals surface area contributed by atoms with E-state index in [4.69, 9.17) is 4.74 Å². The van der Waals surface area contributed by atoms with Crippen LogP contribution in [0.4, 0.5) is 0 Å². The summed E-state index contributed by atoms with van der Waals surface area (Å²) in [5.41, 5.74) is 2.20. The van der Waals surface area contributed by atoms with Gasteiger partial charge >= 0.3 is 0 Å². The molecule has 2 nitrogen and oxygen atoms in total. The second kappa shape index (κ2) is 3.95. The number of hydrogen-bond acceptors (Lipinski definition) is 2. The van der Waals surface area contributed by atoms with E-state index < -0.39 is 0 Å². The van der Waals surface area contributed by atoms with Gasteiger partial charge < -0.3 is 4.74 Å². The number of carbonyl (C=O) groups is 1. The standard InChI is InChI=1S/C20H26O2/c1-18-8-5-14(21)11-13(18)3-4-15-16(18)6-9-19(2)17(15)7-10-20(19)12-22-20/h5,8,11,15-17H,3-4,6-7,9-10,12H2,1-2H3/t15-,16+,17-,18+,19+,20-/m1/s1. The lowest BCUT2D eigenvalue weighted by Crippen LogP contribution is -2.51. The van der Waals surface area contributed by atoms with Gasteiger partial charge in [-0.25, -0.2) is 0 Å². The summed E-state index contributed by atoms with van der Waals surface area (Å²) in [5.74, 6) is 2.57. The number of allylic oxidation sites excluding steroid dienone is 4. The molecule has 0 amide bonds. The third-order valence-electron chi connectivity index (χ3n) is 8.34. The molecule has 6 atom stereocenters. The molecule has 1 heterocycles. The summed E-state index contributed by atoms with van der Waals surface area (Å²) in [7, 11) is 0. The van der Waals surface area contributed by atoms with Gasteiger partial charge in [0.25, 0.3) is 0 Å². The Hall–Kier alpha value is -0.890. The highest BCUT2D eigenvalue weighted by Gasteiger charge is 2.69. The Kier molecular flexibility index (Phi) is 2.43. The van der Waals surface area contributed by atoms with E-state index in [1.807, 2.05) is 12.2 Å². The van der Waals surface area contributed by atoms with Gasteiger partial charge in [0.15, 0.2) is 5.78 Å². The second-order valence-electron chi connectivity index (χ2n) is 8.88. The van der Waals surface area contributed by atoms with Gasteiger partial charge in [-0.05, 0) is 68.4 Å². The van der Waals surface area contributed by atoms with Crippen molar-refractivity contribution < 1.29 is 9.53 Å². The molecule has 5 rings (SSSR count). The predicted molar refractivity (Wildman–Crippen MR) is 85.3 cm³/mol. The number of hydrogen-bond donors (Lipinski definition) is 0. The molecular weight excluding hydrogens is 272 g/mol. The average molecular weight is 298 g/mol. The molecule has 0 aromatic carbocycles. The Morgan fingerprint density at radius 2 is 1.91 bits per heavy atom. The number of fused-ring (bicyclic) bond motifs is 6. The Morgan fingerprint density at radius 3 is 2.68 bits per heavy atom.